The van der Waals surface area contributed by atoms with Crippen molar-refractivity contribution in [3.63, 3.8) is 0 Å². The van der Waals surface area contributed by atoms with Gasteiger partial charge in [-0.05, 0) is 42.3 Å². The first-order valence-corrected chi connectivity index (χ1v) is 6.18. The summed E-state index contributed by atoms with van der Waals surface area (Å²) in [6.45, 7) is 1.81. The fourth-order valence-corrected chi connectivity index (χ4v) is 2.20. The van der Waals surface area contributed by atoms with Gasteiger partial charge in [-0.1, -0.05) is 23.7 Å². The monoisotopic (exact) mass is 280 g/mol. The fourth-order valence-electron chi connectivity index (χ4n) is 1.93. The molecule has 0 aliphatic heterocycles. The van der Waals surface area contributed by atoms with E-state index in [-0.39, 0.29) is 5.82 Å². The average Bonchev–Trinajstić information content (AvgIpc) is 2.40. The minimum absolute atomic E-state index is 0.385. The van der Waals surface area contributed by atoms with Crippen LogP contribution in [0.5, 0.6) is 5.75 Å². The summed E-state index contributed by atoms with van der Waals surface area (Å²) >= 11 is 6.11. The van der Waals surface area contributed by atoms with E-state index in [1.807, 2.05) is 6.92 Å². The Balaban J connectivity index is 2.43. The van der Waals surface area contributed by atoms with Crippen molar-refractivity contribution in [2.45, 2.75) is 13.0 Å². The summed E-state index contributed by atoms with van der Waals surface area (Å²) in [5.41, 5.74) is 1.84. The first-order chi connectivity index (χ1) is 9.02. The summed E-state index contributed by atoms with van der Waals surface area (Å²) in [7, 11) is 1.54. The van der Waals surface area contributed by atoms with E-state index < -0.39 is 6.10 Å². The predicted molar refractivity (Wildman–Crippen MR) is 73.2 cm³/mol. The van der Waals surface area contributed by atoms with Crippen molar-refractivity contribution in [3.05, 3.63) is 63.9 Å². The molecular weight excluding hydrogens is 267 g/mol. The van der Waals surface area contributed by atoms with Crippen LogP contribution in [0.15, 0.2) is 36.4 Å². The normalized spacial score (nSPS) is 12.3. The van der Waals surface area contributed by atoms with E-state index in [2.05, 4.69) is 0 Å². The molecule has 0 heterocycles. The lowest BCUT2D eigenvalue weighted by Crippen LogP contribution is -2.03. The van der Waals surface area contributed by atoms with E-state index in [9.17, 15) is 9.50 Å². The number of ether oxygens (including phenoxy) is 1. The molecule has 2 aromatic carbocycles. The molecule has 0 saturated heterocycles. The molecule has 0 fully saturated rings. The molecule has 2 rings (SSSR count). The molecule has 0 saturated carbocycles. The van der Waals surface area contributed by atoms with Crippen LogP contribution < -0.4 is 4.74 Å². The van der Waals surface area contributed by atoms with E-state index in [1.165, 1.54) is 12.1 Å². The average molecular weight is 281 g/mol. The summed E-state index contributed by atoms with van der Waals surface area (Å²) in [6.07, 6.45) is -0.964. The summed E-state index contributed by atoms with van der Waals surface area (Å²) in [5, 5.41) is 10.7. The molecule has 1 unspecified atom stereocenters. The number of methoxy groups -OCH3 is 1. The quantitative estimate of drug-likeness (QED) is 0.924. The predicted octanol–water partition coefficient (Wildman–Crippen LogP) is 3.88. The highest BCUT2D eigenvalue weighted by Gasteiger charge is 2.17. The van der Waals surface area contributed by atoms with Crippen molar-refractivity contribution in [3.8, 4) is 5.75 Å². The van der Waals surface area contributed by atoms with Crippen molar-refractivity contribution in [2.24, 2.45) is 0 Å². The Morgan fingerprint density at radius 2 is 1.89 bits per heavy atom. The van der Waals surface area contributed by atoms with E-state index >= 15 is 0 Å². The lowest BCUT2D eigenvalue weighted by Gasteiger charge is -2.16. The Hall–Kier alpha value is -1.58. The smallest absolute Gasteiger partial charge is 0.123 e. The van der Waals surface area contributed by atoms with E-state index in [4.69, 9.17) is 16.3 Å². The number of hydrogen-bond acceptors (Lipinski definition) is 2. The molecule has 100 valence electrons. The Labute approximate surface area is 116 Å². The van der Waals surface area contributed by atoms with Gasteiger partial charge in [-0.3, -0.25) is 0 Å². The number of aliphatic hydroxyl groups is 1. The first-order valence-electron chi connectivity index (χ1n) is 5.80. The lowest BCUT2D eigenvalue weighted by atomic mass is 9.97. The zero-order valence-electron chi connectivity index (χ0n) is 10.7. The molecule has 0 aliphatic carbocycles. The number of rotatable bonds is 3. The van der Waals surface area contributed by atoms with Crippen LogP contribution in [0.4, 0.5) is 4.39 Å². The Bertz CT molecular complexity index is 599. The highest BCUT2D eigenvalue weighted by molar-refractivity contribution is 6.31. The Kier molecular flexibility index (Phi) is 4.08. The summed E-state index contributed by atoms with van der Waals surface area (Å²) in [4.78, 5) is 0. The molecular formula is C15H14ClFO2. The van der Waals surface area contributed by atoms with E-state index in [1.54, 1.807) is 31.4 Å². The van der Waals surface area contributed by atoms with Crippen LogP contribution in [0.1, 0.15) is 22.8 Å². The van der Waals surface area contributed by atoms with Gasteiger partial charge in [0.25, 0.3) is 0 Å². The van der Waals surface area contributed by atoms with E-state index in [0.29, 0.717) is 21.9 Å². The number of benzene rings is 2. The summed E-state index contributed by atoms with van der Waals surface area (Å²) in [6, 6.07) is 9.32. The number of halogens is 2. The van der Waals surface area contributed by atoms with Gasteiger partial charge in [0.2, 0.25) is 0 Å². The minimum Gasteiger partial charge on any atom is -0.497 e. The SMILES string of the molecule is COc1ccc(C(O)c2cc(F)ccc2C)c(Cl)c1. The molecule has 0 bridgehead atoms. The van der Waals surface area contributed by atoms with Crippen LogP contribution >= 0.6 is 11.6 Å². The van der Waals surface area contributed by atoms with Crippen LogP contribution in [0.25, 0.3) is 0 Å². The van der Waals surface area contributed by atoms with Crippen LogP contribution in [0.2, 0.25) is 5.02 Å². The van der Waals surface area contributed by atoms with Crippen LogP contribution in [-0.4, -0.2) is 12.2 Å². The van der Waals surface area contributed by atoms with Gasteiger partial charge in [0, 0.05) is 5.56 Å². The van der Waals surface area contributed by atoms with Crippen molar-refractivity contribution < 1.29 is 14.2 Å². The number of aryl methyl sites for hydroxylation is 1. The summed E-state index contributed by atoms with van der Waals surface area (Å²) < 4.78 is 18.3. The second-order valence-electron chi connectivity index (χ2n) is 4.29. The maximum absolute atomic E-state index is 13.3. The van der Waals surface area contributed by atoms with Crippen LogP contribution in [0.3, 0.4) is 0 Å². The molecule has 0 spiro atoms. The van der Waals surface area contributed by atoms with Crippen LogP contribution in [-0.2, 0) is 0 Å². The molecule has 4 heteroatoms. The molecule has 0 radical (unpaired) electrons. The number of hydrogen-bond donors (Lipinski definition) is 1. The van der Waals surface area contributed by atoms with Crippen molar-refractivity contribution in [1.29, 1.82) is 0 Å². The molecule has 1 atom stereocenters. The van der Waals surface area contributed by atoms with Gasteiger partial charge in [0.1, 0.15) is 17.7 Å². The lowest BCUT2D eigenvalue weighted by molar-refractivity contribution is 0.219. The van der Waals surface area contributed by atoms with E-state index in [0.717, 1.165) is 5.56 Å². The van der Waals surface area contributed by atoms with Gasteiger partial charge in [-0.2, -0.15) is 0 Å². The van der Waals surface area contributed by atoms with Gasteiger partial charge in [0.05, 0.1) is 12.1 Å². The molecule has 2 nitrogen and oxygen atoms in total. The Morgan fingerprint density at radius 1 is 1.16 bits per heavy atom. The molecule has 0 aromatic heterocycles. The third-order valence-corrected chi connectivity index (χ3v) is 3.37. The fraction of sp³-hybridized carbons (Fsp3) is 0.200. The molecule has 2 aromatic rings. The standard InChI is InChI=1S/C15H14ClFO2/c1-9-3-4-10(17)7-13(9)15(18)12-6-5-11(19-2)8-14(12)16/h3-8,15,18H,1-2H3. The van der Waals surface area contributed by atoms with Gasteiger partial charge < -0.3 is 9.84 Å². The van der Waals surface area contributed by atoms with Gasteiger partial charge in [-0.15, -0.1) is 0 Å². The molecule has 0 amide bonds. The third kappa shape index (κ3) is 2.88. The van der Waals surface area contributed by atoms with Crippen LogP contribution in [0, 0.1) is 12.7 Å². The van der Waals surface area contributed by atoms with Crippen molar-refractivity contribution in [2.75, 3.05) is 7.11 Å². The first kappa shape index (κ1) is 13.8. The molecule has 19 heavy (non-hydrogen) atoms. The van der Waals surface area contributed by atoms with Crippen molar-refractivity contribution in [1.82, 2.24) is 0 Å². The maximum atomic E-state index is 13.3. The highest BCUT2D eigenvalue weighted by atomic mass is 35.5. The minimum atomic E-state index is -0.964. The zero-order valence-corrected chi connectivity index (χ0v) is 11.4. The Morgan fingerprint density at radius 3 is 2.53 bits per heavy atom. The second-order valence-corrected chi connectivity index (χ2v) is 4.70. The maximum Gasteiger partial charge on any atom is 0.123 e. The summed E-state index contributed by atoms with van der Waals surface area (Å²) in [5.74, 6) is 0.223. The third-order valence-electron chi connectivity index (χ3n) is 3.04. The van der Waals surface area contributed by atoms with Crippen molar-refractivity contribution >= 4 is 11.6 Å². The topological polar surface area (TPSA) is 29.5 Å². The van der Waals surface area contributed by atoms with Gasteiger partial charge >= 0.3 is 0 Å². The second kappa shape index (κ2) is 5.59. The zero-order chi connectivity index (χ0) is 14.0. The largest absolute Gasteiger partial charge is 0.497 e. The van der Waals surface area contributed by atoms with Gasteiger partial charge in [-0.25, -0.2) is 4.39 Å². The number of aliphatic hydroxyl groups excluding tert-OH is 1. The molecule has 1 N–H and O–H groups in total. The van der Waals surface area contributed by atoms with Gasteiger partial charge in [0.15, 0.2) is 0 Å². The highest BCUT2D eigenvalue weighted by Crippen LogP contribution is 2.32. The molecule has 0 aliphatic rings.